The molecule has 0 saturated carbocycles. The van der Waals surface area contributed by atoms with Crippen molar-refractivity contribution in [3.05, 3.63) is 29.3 Å². The SMILES string of the molecule is N#CCC(=O)C1CCCN(c2ccccc2Cl)C1=O. The predicted molar refractivity (Wildman–Crippen MR) is 71.8 cm³/mol. The maximum absolute atomic E-state index is 12.3. The van der Waals surface area contributed by atoms with Crippen molar-refractivity contribution >= 4 is 29.0 Å². The van der Waals surface area contributed by atoms with Gasteiger partial charge in [0.25, 0.3) is 0 Å². The van der Waals surface area contributed by atoms with E-state index in [2.05, 4.69) is 0 Å². The van der Waals surface area contributed by atoms with E-state index in [9.17, 15) is 9.59 Å². The van der Waals surface area contributed by atoms with Gasteiger partial charge in [-0.15, -0.1) is 0 Å². The number of halogens is 1. The first-order valence-corrected chi connectivity index (χ1v) is 6.48. The zero-order valence-electron chi connectivity index (χ0n) is 10.3. The number of carbonyl (C=O) groups is 2. The summed E-state index contributed by atoms with van der Waals surface area (Å²) in [7, 11) is 0. The van der Waals surface area contributed by atoms with Crippen molar-refractivity contribution in [1.29, 1.82) is 5.26 Å². The van der Waals surface area contributed by atoms with Crippen LogP contribution in [0.3, 0.4) is 0 Å². The number of anilines is 1. The predicted octanol–water partition coefficient (Wildman–Crippen LogP) is 2.57. The molecule has 1 aliphatic heterocycles. The van der Waals surface area contributed by atoms with Gasteiger partial charge in [-0.3, -0.25) is 9.59 Å². The van der Waals surface area contributed by atoms with Gasteiger partial charge < -0.3 is 4.90 Å². The Morgan fingerprint density at radius 2 is 2.21 bits per heavy atom. The Hall–Kier alpha value is -1.86. The molecule has 1 saturated heterocycles. The number of piperidine rings is 1. The number of hydrogen-bond acceptors (Lipinski definition) is 3. The number of ketones is 1. The van der Waals surface area contributed by atoms with Crippen molar-refractivity contribution in [3.63, 3.8) is 0 Å². The van der Waals surface area contributed by atoms with Gasteiger partial charge >= 0.3 is 0 Å². The summed E-state index contributed by atoms with van der Waals surface area (Å²) in [4.78, 5) is 25.6. The summed E-state index contributed by atoms with van der Waals surface area (Å²) in [5.74, 6) is -1.26. The number of nitriles is 1. The van der Waals surface area contributed by atoms with Crippen LogP contribution in [0.25, 0.3) is 0 Å². The summed E-state index contributed by atoms with van der Waals surface area (Å²) in [5, 5.41) is 9.05. The second-order valence-electron chi connectivity index (χ2n) is 4.44. The highest BCUT2D eigenvalue weighted by Gasteiger charge is 2.34. The smallest absolute Gasteiger partial charge is 0.237 e. The number of rotatable bonds is 3. The Labute approximate surface area is 116 Å². The van der Waals surface area contributed by atoms with Crippen LogP contribution >= 0.6 is 11.6 Å². The number of para-hydroxylation sites is 1. The largest absolute Gasteiger partial charge is 0.310 e. The van der Waals surface area contributed by atoms with Crippen molar-refractivity contribution < 1.29 is 9.59 Å². The van der Waals surface area contributed by atoms with Crippen LogP contribution in [0.2, 0.25) is 5.02 Å². The van der Waals surface area contributed by atoms with Crippen LogP contribution in [0.15, 0.2) is 24.3 Å². The van der Waals surface area contributed by atoms with E-state index in [1.165, 1.54) is 0 Å². The summed E-state index contributed by atoms with van der Waals surface area (Å²) >= 11 is 6.08. The Balaban J connectivity index is 2.24. The summed E-state index contributed by atoms with van der Waals surface area (Å²) in [6.07, 6.45) is 1.03. The third-order valence-corrected chi connectivity index (χ3v) is 3.54. The van der Waals surface area contributed by atoms with E-state index >= 15 is 0 Å². The lowest BCUT2D eigenvalue weighted by molar-refractivity contribution is -0.133. The molecule has 1 aromatic carbocycles. The minimum Gasteiger partial charge on any atom is -0.310 e. The lowest BCUT2D eigenvalue weighted by Gasteiger charge is -2.31. The standard InChI is InChI=1S/C14H13ClN2O2/c15-11-5-1-2-6-12(11)17-9-3-4-10(14(17)19)13(18)7-8-16/h1-2,5-6,10H,3-4,7,9H2. The topological polar surface area (TPSA) is 61.2 Å². The second kappa shape index (κ2) is 5.85. The van der Waals surface area contributed by atoms with Gasteiger partial charge in [-0.25, -0.2) is 0 Å². The molecule has 19 heavy (non-hydrogen) atoms. The molecule has 1 unspecified atom stereocenters. The molecule has 98 valence electrons. The van der Waals surface area contributed by atoms with E-state index in [-0.39, 0.29) is 18.1 Å². The second-order valence-corrected chi connectivity index (χ2v) is 4.84. The molecule has 1 fully saturated rings. The Morgan fingerprint density at radius 1 is 1.47 bits per heavy atom. The fourth-order valence-electron chi connectivity index (χ4n) is 2.28. The first-order valence-electron chi connectivity index (χ1n) is 6.10. The summed E-state index contributed by atoms with van der Waals surface area (Å²) in [6.45, 7) is 0.554. The van der Waals surface area contributed by atoms with Gasteiger partial charge in [0.05, 0.1) is 29.1 Å². The highest BCUT2D eigenvalue weighted by molar-refractivity contribution is 6.34. The van der Waals surface area contributed by atoms with Gasteiger partial charge in [-0.1, -0.05) is 23.7 Å². The fourth-order valence-corrected chi connectivity index (χ4v) is 2.52. The molecule has 4 nitrogen and oxygen atoms in total. The zero-order valence-corrected chi connectivity index (χ0v) is 11.1. The number of benzene rings is 1. The maximum Gasteiger partial charge on any atom is 0.237 e. The van der Waals surface area contributed by atoms with Crippen LogP contribution in [0.4, 0.5) is 5.69 Å². The molecule has 1 aromatic rings. The number of amides is 1. The quantitative estimate of drug-likeness (QED) is 0.797. The molecule has 0 N–H and O–H groups in total. The third kappa shape index (κ3) is 2.77. The van der Waals surface area contributed by atoms with E-state index < -0.39 is 5.92 Å². The van der Waals surface area contributed by atoms with Crippen LogP contribution in [-0.2, 0) is 9.59 Å². The van der Waals surface area contributed by atoms with Crippen LogP contribution in [-0.4, -0.2) is 18.2 Å². The molecule has 0 radical (unpaired) electrons. The summed E-state index contributed by atoms with van der Waals surface area (Å²) in [6, 6.07) is 8.87. The average molecular weight is 277 g/mol. The van der Waals surface area contributed by atoms with Crippen molar-refractivity contribution in [2.24, 2.45) is 5.92 Å². The van der Waals surface area contributed by atoms with Crippen LogP contribution in [0.5, 0.6) is 0 Å². The van der Waals surface area contributed by atoms with E-state index in [4.69, 9.17) is 16.9 Å². The molecular weight excluding hydrogens is 264 g/mol. The number of nitrogens with zero attached hydrogens (tertiary/aromatic N) is 2. The van der Waals surface area contributed by atoms with Gasteiger partial charge in [-0.05, 0) is 25.0 Å². The minimum absolute atomic E-state index is 0.216. The highest BCUT2D eigenvalue weighted by Crippen LogP contribution is 2.30. The molecule has 0 bridgehead atoms. The van der Waals surface area contributed by atoms with Crippen molar-refractivity contribution in [2.75, 3.05) is 11.4 Å². The van der Waals surface area contributed by atoms with Crippen LogP contribution < -0.4 is 4.90 Å². The molecule has 1 atom stereocenters. The molecule has 1 aliphatic rings. The Bertz CT molecular complexity index is 551. The monoisotopic (exact) mass is 276 g/mol. The normalized spacial score (nSPS) is 19.1. The number of carbonyl (C=O) groups excluding carboxylic acids is 2. The van der Waals surface area contributed by atoms with E-state index in [1.807, 2.05) is 0 Å². The minimum atomic E-state index is -0.704. The first kappa shape index (κ1) is 13.6. The number of Topliss-reactive ketones (excluding diaryl/α,β-unsaturated/α-hetero) is 1. The van der Waals surface area contributed by atoms with Gasteiger partial charge in [0.2, 0.25) is 5.91 Å². The molecule has 1 amide bonds. The van der Waals surface area contributed by atoms with Crippen LogP contribution in [0, 0.1) is 17.2 Å². The molecule has 2 rings (SSSR count). The Morgan fingerprint density at radius 3 is 2.89 bits per heavy atom. The van der Waals surface area contributed by atoms with Gasteiger partial charge in [-0.2, -0.15) is 5.26 Å². The van der Waals surface area contributed by atoms with Crippen molar-refractivity contribution in [1.82, 2.24) is 0 Å². The lowest BCUT2D eigenvalue weighted by atomic mass is 9.91. The fraction of sp³-hybridized carbons (Fsp3) is 0.357. The first-order chi connectivity index (χ1) is 9.15. The molecule has 0 aliphatic carbocycles. The zero-order chi connectivity index (χ0) is 13.8. The van der Waals surface area contributed by atoms with Crippen molar-refractivity contribution in [3.8, 4) is 6.07 Å². The van der Waals surface area contributed by atoms with E-state index in [1.54, 1.807) is 35.2 Å². The number of hydrogen-bond donors (Lipinski definition) is 0. The third-order valence-electron chi connectivity index (χ3n) is 3.22. The van der Waals surface area contributed by atoms with Gasteiger partial charge in [0.1, 0.15) is 0 Å². The molecule has 1 heterocycles. The molecule has 0 aromatic heterocycles. The van der Waals surface area contributed by atoms with Crippen molar-refractivity contribution in [2.45, 2.75) is 19.3 Å². The van der Waals surface area contributed by atoms with Gasteiger partial charge in [0, 0.05) is 6.54 Å². The maximum atomic E-state index is 12.3. The van der Waals surface area contributed by atoms with Gasteiger partial charge in [0.15, 0.2) is 5.78 Å². The molecular formula is C14H13ClN2O2. The lowest BCUT2D eigenvalue weighted by Crippen LogP contribution is -2.44. The summed E-state index contributed by atoms with van der Waals surface area (Å²) in [5.41, 5.74) is 0.628. The highest BCUT2D eigenvalue weighted by atomic mass is 35.5. The average Bonchev–Trinajstić information content (AvgIpc) is 2.40. The molecule has 0 spiro atoms. The molecule has 5 heteroatoms. The van der Waals surface area contributed by atoms with E-state index in [0.29, 0.717) is 23.7 Å². The Kier molecular flexibility index (Phi) is 4.18. The van der Waals surface area contributed by atoms with Crippen LogP contribution in [0.1, 0.15) is 19.3 Å². The van der Waals surface area contributed by atoms with E-state index in [0.717, 1.165) is 6.42 Å². The summed E-state index contributed by atoms with van der Waals surface area (Å²) < 4.78 is 0.